The predicted molar refractivity (Wildman–Crippen MR) is 123 cm³/mol. The summed E-state index contributed by atoms with van der Waals surface area (Å²) in [7, 11) is 0. The van der Waals surface area contributed by atoms with Crippen LogP contribution in [0.5, 0.6) is 0 Å². The van der Waals surface area contributed by atoms with Gasteiger partial charge in [-0.25, -0.2) is 15.4 Å². The van der Waals surface area contributed by atoms with Crippen LogP contribution in [0.1, 0.15) is 34.2 Å². The molecule has 2 N–H and O–H groups in total. The van der Waals surface area contributed by atoms with Crippen molar-refractivity contribution in [2.45, 2.75) is 25.9 Å². The summed E-state index contributed by atoms with van der Waals surface area (Å²) in [5, 5.41) is 7.58. The van der Waals surface area contributed by atoms with Crippen LogP contribution in [0.25, 0.3) is 0 Å². The van der Waals surface area contributed by atoms with E-state index in [4.69, 9.17) is 0 Å². The van der Waals surface area contributed by atoms with E-state index in [0.29, 0.717) is 22.1 Å². The molecule has 3 aromatic rings. The van der Waals surface area contributed by atoms with E-state index in [9.17, 15) is 9.59 Å². The molecule has 0 saturated carbocycles. The molecule has 8 heteroatoms. The SMILES string of the molecule is C/C(=N/NC(=O)CSc1nc(C)cc(C)n1)c1ccc(NC(=O)c2ccccc2)cc1. The van der Waals surface area contributed by atoms with Gasteiger partial charge in [-0.05, 0) is 56.7 Å². The Hall–Kier alpha value is -3.52. The standard InChI is InChI=1S/C23H23N5O2S/c1-15-13-16(2)25-23(24-15)31-14-21(29)28-27-17(3)18-9-11-20(12-10-18)26-22(30)19-7-5-4-6-8-19/h4-13H,14H2,1-3H3,(H,26,30)(H,28,29)/b27-17-. The molecule has 0 saturated heterocycles. The number of rotatable bonds is 7. The highest BCUT2D eigenvalue weighted by Gasteiger charge is 2.07. The minimum absolute atomic E-state index is 0.170. The average Bonchev–Trinajstić information content (AvgIpc) is 2.76. The average molecular weight is 434 g/mol. The van der Waals surface area contributed by atoms with Crippen LogP contribution in [0, 0.1) is 13.8 Å². The lowest BCUT2D eigenvalue weighted by atomic mass is 10.1. The molecule has 0 radical (unpaired) electrons. The Morgan fingerprint density at radius 2 is 1.58 bits per heavy atom. The molecular weight excluding hydrogens is 410 g/mol. The van der Waals surface area contributed by atoms with Crippen LogP contribution in [-0.2, 0) is 4.79 Å². The molecule has 2 aromatic carbocycles. The van der Waals surface area contributed by atoms with Crippen molar-refractivity contribution in [3.05, 3.63) is 83.2 Å². The topological polar surface area (TPSA) is 96.3 Å². The molecule has 0 spiro atoms. The third-order valence-corrected chi connectivity index (χ3v) is 5.09. The van der Waals surface area contributed by atoms with E-state index >= 15 is 0 Å². The number of aryl methyl sites for hydroxylation is 2. The third kappa shape index (κ3) is 6.75. The summed E-state index contributed by atoms with van der Waals surface area (Å²) in [6.07, 6.45) is 0. The molecular formula is C23H23N5O2S. The molecule has 0 aliphatic heterocycles. The zero-order chi connectivity index (χ0) is 22.2. The molecule has 0 fully saturated rings. The van der Waals surface area contributed by atoms with Gasteiger partial charge in [0, 0.05) is 22.6 Å². The highest BCUT2D eigenvalue weighted by Crippen LogP contribution is 2.14. The summed E-state index contributed by atoms with van der Waals surface area (Å²) in [5.74, 6) is -0.237. The highest BCUT2D eigenvalue weighted by atomic mass is 32.2. The summed E-state index contributed by atoms with van der Waals surface area (Å²) in [6, 6.07) is 18.2. The number of benzene rings is 2. The van der Waals surface area contributed by atoms with Crippen LogP contribution in [0.2, 0.25) is 0 Å². The molecule has 0 unspecified atom stereocenters. The molecule has 0 atom stereocenters. The molecule has 2 amide bonds. The van der Waals surface area contributed by atoms with E-state index in [0.717, 1.165) is 17.0 Å². The van der Waals surface area contributed by atoms with Gasteiger partial charge in [-0.3, -0.25) is 9.59 Å². The van der Waals surface area contributed by atoms with Crippen LogP contribution in [0.15, 0.2) is 70.9 Å². The lowest BCUT2D eigenvalue weighted by molar-refractivity contribution is -0.118. The number of nitrogens with zero attached hydrogens (tertiary/aromatic N) is 3. The predicted octanol–water partition coefficient (Wildman–Crippen LogP) is 3.98. The van der Waals surface area contributed by atoms with Crippen molar-refractivity contribution in [3.8, 4) is 0 Å². The van der Waals surface area contributed by atoms with Gasteiger partial charge in [-0.1, -0.05) is 42.1 Å². The van der Waals surface area contributed by atoms with Crippen molar-refractivity contribution < 1.29 is 9.59 Å². The van der Waals surface area contributed by atoms with Gasteiger partial charge in [-0.2, -0.15) is 5.10 Å². The van der Waals surface area contributed by atoms with Crippen molar-refractivity contribution in [2.75, 3.05) is 11.1 Å². The summed E-state index contributed by atoms with van der Waals surface area (Å²) >= 11 is 1.27. The first kappa shape index (κ1) is 22.2. The van der Waals surface area contributed by atoms with E-state index in [1.165, 1.54) is 11.8 Å². The van der Waals surface area contributed by atoms with Gasteiger partial charge in [0.15, 0.2) is 5.16 Å². The van der Waals surface area contributed by atoms with Gasteiger partial charge in [0.2, 0.25) is 0 Å². The van der Waals surface area contributed by atoms with Crippen molar-refractivity contribution in [2.24, 2.45) is 5.10 Å². The first-order valence-corrected chi connectivity index (χ1v) is 10.6. The highest BCUT2D eigenvalue weighted by molar-refractivity contribution is 7.99. The molecule has 158 valence electrons. The Morgan fingerprint density at radius 1 is 0.935 bits per heavy atom. The lowest BCUT2D eigenvalue weighted by Crippen LogP contribution is -2.21. The molecule has 0 aliphatic carbocycles. The molecule has 0 aliphatic rings. The maximum Gasteiger partial charge on any atom is 0.255 e. The van der Waals surface area contributed by atoms with Crippen molar-refractivity contribution in [1.29, 1.82) is 0 Å². The van der Waals surface area contributed by atoms with Crippen molar-refractivity contribution in [1.82, 2.24) is 15.4 Å². The van der Waals surface area contributed by atoms with E-state index in [1.54, 1.807) is 31.2 Å². The number of carbonyl (C=O) groups excluding carboxylic acids is 2. The van der Waals surface area contributed by atoms with E-state index in [1.807, 2.05) is 50.2 Å². The van der Waals surface area contributed by atoms with Crippen molar-refractivity contribution in [3.63, 3.8) is 0 Å². The zero-order valence-electron chi connectivity index (χ0n) is 17.5. The first-order valence-electron chi connectivity index (χ1n) is 9.66. The van der Waals surface area contributed by atoms with E-state index < -0.39 is 0 Å². The van der Waals surface area contributed by atoms with Crippen LogP contribution in [0.4, 0.5) is 5.69 Å². The van der Waals surface area contributed by atoms with Crippen LogP contribution in [-0.4, -0.2) is 33.2 Å². The Kier molecular flexibility index (Phi) is 7.50. The second kappa shape index (κ2) is 10.5. The van der Waals surface area contributed by atoms with Gasteiger partial charge >= 0.3 is 0 Å². The van der Waals surface area contributed by atoms with Crippen LogP contribution in [0.3, 0.4) is 0 Å². The van der Waals surface area contributed by atoms with Crippen LogP contribution >= 0.6 is 11.8 Å². The quantitative estimate of drug-likeness (QED) is 0.254. The number of aromatic nitrogens is 2. The molecule has 7 nitrogen and oxygen atoms in total. The number of hydrogen-bond donors (Lipinski definition) is 2. The fourth-order valence-corrected chi connectivity index (χ4v) is 3.46. The summed E-state index contributed by atoms with van der Waals surface area (Å²) in [6.45, 7) is 5.59. The summed E-state index contributed by atoms with van der Waals surface area (Å²) in [5.41, 5.74) is 7.05. The van der Waals surface area contributed by atoms with Gasteiger partial charge in [0.05, 0.1) is 11.5 Å². The number of nitrogens with one attached hydrogen (secondary N) is 2. The number of anilines is 1. The first-order chi connectivity index (χ1) is 14.9. The monoisotopic (exact) mass is 433 g/mol. The Morgan fingerprint density at radius 3 is 2.23 bits per heavy atom. The lowest BCUT2D eigenvalue weighted by Gasteiger charge is -2.07. The normalized spacial score (nSPS) is 11.1. The second-order valence-corrected chi connectivity index (χ2v) is 7.79. The number of hydrogen-bond acceptors (Lipinski definition) is 6. The minimum Gasteiger partial charge on any atom is -0.322 e. The second-order valence-electron chi connectivity index (χ2n) is 6.85. The fraction of sp³-hybridized carbons (Fsp3) is 0.174. The van der Waals surface area contributed by atoms with E-state index in [2.05, 4.69) is 25.8 Å². The fourth-order valence-electron chi connectivity index (χ4n) is 2.72. The number of carbonyl (C=O) groups is 2. The number of hydrazone groups is 1. The largest absolute Gasteiger partial charge is 0.322 e. The Bertz CT molecular complexity index is 1080. The Labute approximate surface area is 185 Å². The van der Waals surface area contributed by atoms with E-state index in [-0.39, 0.29) is 17.6 Å². The molecule has 1 heterocycles. The Balaban J connectivity index is 1.52. The van der Waals surface area contributed by atoms with Gasteiger partial charge < -0.3 is 5.32 Å². The van der Waals surface area contributed by atoms with Gasteiger partial charge in [0.1, 0.15) is 0 Å². The minimum atomic E-state index is -0.237. The molecule has 3 rings (SSSR count). The van der Waals surface area contributed by atoms with Crippen molar-refractivity contribution >= 4 is 35.0 Å². The smallest absolute Gasteiger partial charge is 0.255 e. The summed E-state index contributed by atoms with van der Waals surface area (Å²) < 4.78 is 0. The van der Waals surface area contributed by atoms with Gasteiger partial charge in [0.25, 0.3) is 11.8 Å². The van der Waals surface area contributed by atoms with Gasteiger partial charge in [-0.15, -0.1) is 0 Å². The maximum atomic E-state index is 12.2. The number of amides is 2. The summed E-state index contributed by atoms with van der Waals surface area (Å²) in [4.78, 5) is 32.9. The molecule has 31 heavy (non-hydrogen) atoms. The third-order valence-electron chi connectivity index (χ3n) is 4.24. The zero-order valence-corrected chi connectivity index (χ0v) is 18.4. The number of thioether (sulfide) groups is 1. The molecule has 0 bridgehead atoms. The maximum absolute atomic E-state index is 12.2. The molecule has 1 aromatic heterocycles. The van der Waals surface area contributed by atoms with Crippen LogP contribution < -0.4 is 10.7 Å².